The molecule has 1 N–H and O–H groups in total. The maximum Gasteiger partial charge on any atom is 0.335 e. The van der Waals surface area contributed by atoms with E-state index in [1.807, 2.05) is 6.92 Å². The maximum absolute atomic E-state index is 13.9. The van der Waals surface area contributed by atoms with Crippen molar-refractivity contribution in [1.29, 1.82) is 0 Å². The van der Waals surface area contributed by atoms with E-state index >= 15 is 0 Å². The van der Waals surface area contributed by atoms with E-state index in [0.717, 1.165) is 23.8 Å². The number of carbonyl (C=O) groups is 1. The van der Waals surface area contributed by atoms with E-state index in [1.165, 1.54) is 4.31 Å². The minimum atomic E-state index is -3.94. The van der Waals surface area contributed by atoms with Crippen molar-refractivity contribution >= 4 is 16.0 Å². The van der Waals surface area contributed by atoms with E-state index in [1.54, 1.807) is 6.08 Å². The van der Waals surface area contributed by atoms with Gasteiger partial charge in [0, 0.05) is 13.1 Å². The molecule has 0 radical (unpaired) electrons. The van der Waals surface area contributed by atoms with Crippen LogP contribution in [0.3, 0.4) is 0 Å². The molecule has 0 unspecified atom stereocenters. The number of nitrogens with zero attached hydrogens (tertiary/aromatic N) is 1. The zero-order chi connectivity index (χ0) is 14.9. The van der Waals surface area contributed by atoms with E-state index in [2.05, 4.69) is 0 Å². The van der Waals surface area contributed by atoms with Gasteiger partial charge in [0.1, 0.15) is 10.7 Å². The molecule has 0 amide bonds. The number of halogens is 1. The highest BCUT2D eigenvalue weighted by Crippen LogP contribution is 2.23. The van der Waals surface area contributed by atoms with Crippen LogP contribution in [0, 0.1) is 5.82 Å². The van der Waals surface area contributed by atoms with Gasteiger partial charge in [0.05, 0.1) is 5.56 Å². The first kappa shape index (κ1) is 14.7. The second kappa shape index (κ2) is 5.34. The van der Waals surface area contributed by atoms with Crippen molar-refractivity contribution < 1.29 is 22.7 Å². The summed E-state index contributed by atoms with van der Waals surface area (Å²) in [4.78, 5) is 10.2. The molecule has 108 valence electrons. The van der Waals surface area contributed by atoms with Gasteiger partial charge in [-0.15, -0.1) is 0 Å². The molecule has 1 aromatic carbocycles. The summed E-state index contributed by atoms with van der Waals surface area (Å²) in [5.41, 5.74) is 0.814. The van der Waals surface area contributed by atoms with Crippen LogP contribution in [0.5, 0.6) is 0 Å². The van der Waals surface area contributed by atoms with Crippen LogP contribution in [0.4, 0.5) is 4.39 Å². The molecule has 0 saturated heterocycles. The molecular weight excluding hydrogens is 285 g/mol. The quantitative estimate of drug-likeness (QED) is 0.865. The molecule has 0 atom stereocenters. The molecule has 0 bridgehead atoms. The number of hydrogen-bond donors (Lipinski definition) is 1. The summed E-state index contributed by atoms with van der Waals surface area (Å²) in [5.74, 6) is -2.35. The summed E-state index contributed by atoms with van der Waals surface area (Å²) in [6.07, 6.45) is 2.39. The molecule has 0 aliphatic carbocycles. The second-order valence-corrected chi connectivity index (χ2v) is 6.52. The Hall–Kier alpha value is -1.73. The predicted molar refractivity (Wildman–Crippen MR) is 70.5 cm³/mol. The predicted octanol–water partition coefficient (Wildman–Crippen LogP) is 1.86. The third kappa shape index (κ3) is 2.73. The first-order valence-electron chi connectivity index (χ1n) is 6.01. The number of hydrogen-bond acceptors (Lipinski definition) is 3. The van der Waals surface area contributed by atoms with E-state index in [9.17, 15) is 17.6 Å². The Morgan fingerprint density at radius 2 is 2.10 bits per heavy atom. The summed E-state index contributed by atoms with van der Waals surface area (Å²) in [5, 5.41) is 8.75. The van der Waals surface area contributed by atoms with Crippen molar-refractivity contribution in [2.24, 2.45) is 0 Å². The molecule has 1 heterocycles. The van der Waals surface area contributed by atoms with Gasteiger partial charge in [-0.2, -0.15) is 4.31 Å². The van der Waals surface area contributed by atoms with Gasteiger partial charge in [-0.3, -0.25) is 0 Å². The van der Waals surface area contributed by atoms with E-state index in [-0.39, 0.29) is 12.1 Å². The topological polar surface area (TPSA) is 74.7 Å². The van der Waals surface area contributed by atoms with Crippen molar-refractivity contribution in [2.45, 2.75) is 18.2 Å². The first-order valence-corrected chi connectivity index (χ1v) is 7.45. The van der Waals surface area contributed by atoms with Crippen molar-refractivity contribution in [2.75, 3.05) is 13.1 Å². The normalized spacial score (nSPS) is 16.8. The van der Waals surface area contributed by atoms with Crippen LogP contribution in [0.25, 0.3) is 0 Å². The Bertz CT molecular complexity index is 682. The van der Waals surface area contributed by atoms with Gasteiger partial charge >= 0.3 is 5.97 Å². The summed E-state index contributed by atoms with van der Waals surface area (Å²) in [6.45, 7) is 2.41. The SMILES string of the molecule is CC1=CCN(S(=O)(=O)c2ccc(C(=O)O)cc2F)CC1. The zero-order valence-electron chi connectivity index (χ0n) is 10.8. The summed E-state index contributed by atoms with van der Waals surface area (Å²) >= 11 is 0. The van der Waals surface area contributed by atoms with Crippen LogP contribution in [-0.2, 0) is 10.0 Å². The molecular formula is C13H14FNO4S. The van der Waals surface area contributed by atoms with Gasteiger partial charge in [0.2, 0.25) is 10.0 Å². The zero-order valence-corrected chi connectivity index (χ0v) is 11.7. The largest absolute Gasteiger partial charge is 0.478 e. The third-order valence-corrected chi connectivity index (χ3v) is 5.09. The second-order valence-electron chi connectivity index (χ2n) is 4.61. The van der Waals surface area contributed by atoms with E-state index in [4.69, 9.17) is 5.11 Å². The lowest BCUT2D eigenvalue weighted by molar-refractivity contribution is 0.0696. The molecule has 0 aromatic heterocycles. The Morgan fingerprint density at radius 3 is 2.60 bits per heavy atom. The minimum Gasteiger partial charge on any atom is -0.478 e. The van der Waals surface area contributed by atoms with E-state index < -0.39 is 26.7 Å². The fourth-order valence-corrected chi connectivity index (χ4v) is 3.38. The highest BCUT2D eigenvalue weighted by atomic mass is 32.2. The molecule has 1 aliphatic rings. The number of benzene rings is 1. The number of carboxylic acids is 1. The van der Waals surface area contributed by atoms with Crippen LogP contribution in [-0.4, -0.2) is 36.9 Å². The molecule has 2 rings (SSSR count). The molecule has 7 heteroatoms. The number of aromatic carboxylic acids is 1. The van der Waals surface area contributed by atoms with Crippen LogP contribution in [0.1, 0.15) is 23.7 Å². The maximum atomic E-state index is 13.9. The Morgan fingerprint density at radius 1 is 1.40 bits per heavy atom. The monoisotopic (exact) mass is 299 g/mol. The van der Waals surface area contributed by atoms with Crippen LogP contribution in [0.2, 0.25) is 0 Å². The van der Waals surface area contributed by atoms with Gasteiger partial charge in [0.25, 0.3) is 0 Å². The molecule has 20 heavy (non-hydrogen) atoms. The fraction of sp³-hybridized carbons (Fsp3) is 0.308. The molecule has 1 aliphatic heterocycles. The van der Waals surface area contributed by atoms with Crippen molar-refractivity contribution in [3.05, 3.63) is 41.2 Å². The fourth-order valence-electron chi connectivity index (χ4n) is 1.95. The number of sulfonamides is 1. The average Bonchev–Trinajstić information content (AvgIpc) is 2.38. The third-order valence-electron chi connectivity index (χ3n) is 3.20. The van der Waals surface area contributed by atoms with Gasteiger partial charge < -0.3 is 5.11 Å². The van der Waals surface area contributed by atoms with E-state index in [0.29, 0.717) is 13.0 Å². The summed E-state index contributed by atoms with van der Waals surface area (Å²) in [6, 6.07) is 2.81. The lowest BCUT2D eigenvalue weighted by Crippen LogP contribution is -2.35. The van der Waals surface area contributed by atoms with Gasteiger partial charge in [-0.05, 0) is 31.5 Å². The van der Waals surface area contributed by atoms with Gasteiger partial charge in [-0.25, -0.2) is 17.6 Å². The van der Waals surface area contributed by atoms with Crippen LogP contribution in [0.15, 0.2) is 34.7 Å². The lowest BCUT2D eigenvalue weighted by Gasteiger charge is -2.24. The lowest BCUT2D eigenvalue weighted by atomic mass is 10.1. The molecule has 0 spiro atoms. The highest BCUT2D eigenvalue weighted by Gasteiger charge is 2.28. The minimum absolute atomic E-state index is 0.203. The molecule has 5 nitrogen and oxygen atoms in total. The molecule has 1 aromatic rings. The van der Waals surface area contributed by atoms with Crippen LogP contribution >= 0.6 is 0 Å². The summed E-state index contributed by atoms with van der Waals surface area (Å²) < 4.78 is 39.6. The standard InChI is InChI=1S/C13H14FNO4S/c1-9-4-6-15(7-5-9)20(18,19)12-3-2-10(13(16)17)8-11(12)14/h2-4,8H,5-7H2,1H3,(H,16,17). The Balaban J connectivity index is 2.38. The Labute approximate surface area is 116 Å². The number of carboxylic acid groups (broad SMARTS) is 1. The van der Waals surface area contributed by atoms with Crippen molar-refractivity contribution in [3.8, 4) is 0 Å². The Kier molecular flexibility index (Phi) is 3.92. The van der Waals surface area contributed by atoms with Gasteiger partial charge in [0.15, 0.2) is 0 Å². The smallest absolute Gasteiger partial charge is 0.335 e. The average molecular weight is 299 g/mol. The molecule has 0 saturated carbocycles. The summed E-state index contributed by atoms with van der Waals surface area (Å²) in [7, 11) is -3.94. The highest BCUT2D eigenvalue weighted by molar-refractivity contribution is 7.89. The van der Waals surface area contributed by atoms with Crippen molar-refractivity contribution in [1.82, 2.24) is 4.31 Å². The first-order chi connectivity index (χ1) is 9.32. The van der Waals surface area contributed by atoms with Crippen molar-refractivity contribution in [3.63, 3.8) is 0 Å². The van der Waals surface area contributed by atoms with Gasteiger partial charge in [-0.1, -0.05) is 11.6 Å². The molecule has 0 fully saturated rings. The van der Waals surface area contributed by atoms with Crippen LogP contribution < -0.4 is 0 Å². The number of rotatable bonds is 3.